The van der Waals surface area contributed by atoms with Crippen LogP contribution in [0.25, 0.3) is 0 Å². The second kappa shape index (κ2) is 8.55. The molecule has 156 valence electrons. The average molecular weight is 417 g/mol. The summed E-state index contributed by atoms with van der Waals surface area (Å²) < 4.78 is 33.5. The lowest BCUT2D eigenvalue weighted by molar-refractivity contribution is 0.102. The monoisotopic (exact) mass is 416 g/mol. The van der Waals surface area contributed by atoms with Crippen LogP contribution in [0.2, 0.25) is 0 Å². The topological polar surface area (TPSA) is 75.7 Å². The van der Waals surface area contributed by atoms with Gasteiger partial charge in [0.25, 0.3) is 5.91 Å². The van der Waals surface area contributed by atoms with E-state index >= 15 is 0 Å². The Morgan fingerprint density at radius 2 is 1.83 bits per heavy atom. The highest BCUT2D eigenvalue weighted by Gasteiger charge is 2.33. The SMILES string of the molecule is COc1ccc(C(=O)Nc2c(C)cccc2C)cc1S(=O)(=O)N1CCCCC1C. The van der Waals surface area contributed by atoms with Gasteiger partial charge >= 0.3 is 0 Å². The number of carbonyl (C=O) groups is 1. The first-order valence-electron chi connectivity index (χ1n) is 9.83. The minimum absolute atomic E-state index is 0.0305. The molecular formula is C22H28N2O4S. The van der Waals surface area contributed by atoms with E-state index in [4.69, 9.17) is 4.74 Å². The third-order valence-electron chi connectivity index (χ3n) is 5.47. The van der Waals surface area contributed by atoms with Gasteiger partial charge < -0.3 is 10.1 Å². The van der Waals surface area contributed by atoms with Gasteiger partial charge in [-0.05, 0) is 62.9 Å². The first-order chi connectivity index (χ1) is 13.8. The van der Waals surface area contributed by atoms with Crippen LogP contribution in [0.1, 0.15) is 47.7 Å². The van der Waals surface area contributed by atoms with Crippen LogP contribution in [-0.2, 0) is 10.0 Å². The molecule has 1 heterocycles. The molecule has 0 spiro atoms. The number of piperidine rings is 1. The molecule has 0 aromatic heterocycles. The molecular weight excluding hydrogens is 388 g/mol. The van der Waals surface area contributed by atoms with Crippen LogP contribution in [0.3, 0.4) is 0 Å². The first kappa shape index (κ1) is 21.3. The lowest BCUT2D eigenvalue weighted by Crippen LogP contribution is -2.42. The molecule has 1 aliphatic rings. The van der Waals surface area contributed by atoms with Gasteiger partial charge in [0.1, 0.15) is 10.6 Å². The third kappa shape index (κ3) is 4.31. The smallest absolute Gasteiger partial charge is 0.255 e. The molecule has 1 amide bonds. The Bertz CT molecular complexity index is 997. The molecule has 7 heteroatoms. The van der Waals surface area contributed by atoms with Crippen molar-refractivity contribution in [3.63, 3.8) is 0 Å². The Labute approximate surface area is 172 Å². The summed E-state index contributed by atoms with van der Waals surface area (Å²) in [6, 6.07) is 10.2. The van der Waals surface area contributed by atoms with E-state index in [-0.39, 0.29) is 28.2 Å². The summed E-state index contributed by atoms with van der Waals surface area (Å²) >= 11 is 0. The normalized spacial score (nSPS) is 17.7. The van der Waals surface area contributed by atoms with E-state index < -0.39 is 10.0 Å². The van der Waals surface area contributed by atoms with Crippen LogP contribution in [0.5, 0.6) is 5.75 Å². The van der Waals surface area contributed by atoms with E-state index in [0.29, 0.717) is 6.54 Å². The van der Waals surface area contributed by atoms with Gasteiger partial charge in [0.2, 0.25) is 10.0 Å². The highest BCUT2D eigenvalue weighted by molar-refractivity contribution is 7.89. The largest absolute Gasteiger partial charge is 0.495 e. The maximum atomic E-state index is 13.3. The third-order valence-corrected chi connectivity index (χ3v) is 7.51. The molecule has 29 heavy (non-hydrogen) atoms. The summed E-state index contributed by atoms with van der Waals surface area (Å²) in [5.41, 5.74) is 2.91. The molecule has 0 saturated carbocycles. The van der Waals surface area contributed by atoms with Crippen LogP contribution in [0.4, 0.5) is 5.69 Å². The summed E-state index contributed by atoms with van der Waals surface area (Å²) in [7, 11) is -2.34. The van der Waals surface area contributed by atoms with Crippen molar-refractivity contribution in [3.05, 3.63) is 53.1 Å². The van der Waals surface area contributed by atoms with Crippen LogP contribution < -0.4 is 10.1 Å². The molecule has 1 atom stereocenters. The lowest BCUT2D eigenvalue weighted by Gasteiger charge is -2.32. The number of amides is 1. The maximum absolute atomic E-state index is 13.3. The van der Waals surface area contributed by atoms with Crippen LogP contribution >= 0.6 is 0 Å². The van der Waals surface area contributed by atoms with E-state index in [1.807, 2.05) is 39.0 Å². The van der Waals surface area contributed by atoms with Crippen LogP contribution in [0, 0.1) is 13.8 Å². The van der Waals surface area contributed by atoms with Gasteiger partial charge in [-0.2, -0.15) is 4.31 Å². The van der Waals surface area contributed by atoms with Crippen LogP contribution in [-0.4, -0.2) is 38.3 Å². The molecule has 1 N–H and O–H groups in total. The predicted molar refractivity (Wildman–Crippen MR) is 114 cm³/mol. The number of carbonyl (C=O) groups excluding carboxylic acids is 1. The zero-order chi connectivity index (χ0) is 21.2. The molecule has 1 fully saturated rings. The van der Waals surface area contributed by atoms with Gasteiger partial charge in [-0.1, -0.05) is 24.6 Å². The van der Waals surface area contributed by atoms with Crippen molar-refractivity contribution in [2.24, 2.45) is 0 Å². The van der Waals surface area contributed by atoms with Gasteiger partial charge in [0.15, 0.2) is 0 Å². The number of benzene rings is 2. The molecule has 0 aliphatic carbocycles. The van der Waals surface area contributed by atoms with Crippen molar-refractivity contribution >= 4 is 21.6 Å². The number of methoxy groups -OCH3 is 1. The molecule has 6 nitrogen and oxygen atoms in total. The second-order valence-corrected chi connectivity index (χ2v) is 9.41. The number of sulfonamides is 1. The van der Waals surface area contributed by atoms with Crippen molar-refractivity contribution in [1.82, 2.24) is 4.31 Å². The molecule has 0 bridgehead atoms. The maximum Gasteiger partial charge on any atom is 0.255 e. The fourth-order valence-corrected chi connectivity index (χ4v) is 5.65. The number of ether oxygens (including phenoxy) is 1. The minimum Gasteiger partial charge on any atom is -0.495 e. The van der Waals surface area contributed by atoms with Gasteiger partial charge in [-0.3, -0.25) is 4.79 Å². The van der Waals surface area contributed by atoms with E-state index in [2.05, 4.69) is 5.32 Å². The Kier molecular flexibility index (Phi) is 6.29. The molecule has 3 rings (SSSR count). The predicted octanol–water partition coefficient (Wildman–Crippen LogP) is 4.13. The second-order valence-electron chi connectivity index (χ2n) is 7.55. The standard InChI is InChI=1S/C22H28N2O4S/c1-15-8-7-9-16(2)21(15)23-22(25)18-11-12-19(28-4)20(14-18)29(26,27)24-13-6-5-10-17(24)3/h7-9,11-12,14,17H,5-6,10,13H2,1-4H3,(H,23,25). The Morgan fingerprint density at radius 1 is 1.14 bits per heavy atom. The molecule has 2 aromatic carbocycles. The van der Waals surface area contributed by atoms with E-state index in [1.165, 1.54) is 17.5 Å². The zero-order valence-electron chi connectivity index (χ0n) is 17.4. The van der Waals surface area contributed by atoms with Gasteiger partial charge in [0, 0.05) is 23.8 Å². The zero-order valence-corrected chi connectivity index (χ0v) is 18.2. The Balaban J connectivity index is 1.98. The van der Waals surface area contributed by atoms with Gasteiger partial charge in [-0.25, -0.2) is 8.42 Å². The molecule has 0 radical (unpaired) electrons. The first-order valence-corrected chi connectivity index (χ1v) is 11.3. The number of para-hydroxylation sites is 1. The minimum atomic E-state index is -3.77. The summed E-state index contributed by atoms with van der Waals surface area (Å²) in [5.74, 6) is -0.111. The number of hydrogen-bond donors (Lipinski definition) is 1. The number of rotatable bonds is 5. The number of nitrogens with zero attached hydrogens (tertiary/aromatic N) is 1. The molecule has 1 unspecified atom stereocenters. The summed E-state index contributed by atoms with van der Waals surface area (Å²) in [6.45, 7) is 6.24. The highest BCUT2D eigenvalue weighted by atomic mass is 32.2. The average Bonchev–Trinajstić information content (AvgIpc) is 2.70. The van der Waals surface area contributed by atoms with E-state index in [1.54, 1.807) is 12.1 Å². The fraction of sp³-hybridized carbons (Fsp3) is 0.409. The fourth-order valence-electron chi connectivity index (χ4n) is 3.77. The molecule has 2 aromatic rings. The van der Waals surface area contributed by atoms with Crippen molar-refractivity contribution in [2.45, 2.75) is 51.0 Å². The summed E-state index contributed by atoms with van der Waals surface area (Å²) in [5, 5.41) is 2.91. The van der Waals surface area contributed by atoms with Gasteiger partial charge in [0.05, 0.1) is 7.11 Å². The summed E-state index contributed by atoms with van der Waals surface area (Å²) in [6.07, 6.45) is 2.68. The van der Waals surface area contributed by atoms with Crippen molar-refractivity contribution in [3.8, 4) is 5.75 Å². The number of anilines is 1. The van der Waals surface area contributed by atoms with Crippen molar-refractivity contribution in [2.75, 3.05) is 19.0 Å². The Hall–Kier alpha value is -2.38. The van der Waals surface area contributed by atoms with Crippen LogP contribution in [0.15, 0.2) is 41.3 Å². The van der Waals surface area contributed by atoms with E-state index in [0.717, 1.165) is 36.1 Å². The Morgan fingerprint density at radius 3 is 2.45 bits per heavy atom. The van der Waals surface area contributed by atoms with E-state index in [9.17, 15) is 13.2 Å². The molecule has 1 saturated heterocycles. The van der Waals surface area contributed by atoms with Crippen molar-refractivity contribution in [1.29, 1.82) is 0 Å². The highest BCUT2D eigenvalue weighted by Crippen LogP contribution is 2.32. The number of hydrogen-bond acceptors (Lipinski definition) is 4. The molecule has 1 aliphatic heterocycles. The summed E-state index contributed by atoms with van der Waals surface area (Å²) in [4.78, 5) is 12.9. The van der Waals surface area contributed by atoms with Crippen molar-refractivity contribution < 1.29 is 17.9 Å². The number of nitrogens with one attached hydrogen (secondary N) is 1. The lowest BCUT2D eigenvalue weighted by atomic mass is 10.1. The van der Waals surface area contributed by atoms with Gasteiger partial charge in [-0.15, -0.1) is 0 Å². The quantitative estimate of drug-likeness (QED) is 0.795. The number of aryl methyl sites for hydroxylation is 2.